The topological polar surface area (TPSA) is 0 Å². The van der Waals surface area contributed by atoms with Crippen molar-refractivity contribution in [2.75, 3.05) is 12.3 Å². The van der Waals surface area contributed by atoms with Crippen molar-refractivity contribution < 1.29 is 22.0 Å². The van der Waals surface area contributed by atoms with Crippen LogP contribution in [-0.2, 0) is 0 Å². The molecule has 0 heterocycles. The van der Waals surface area contributed by atoms with Crippen molar-refractivity contribution in [3.63, 3.8) is 0 Å². The van der Waals surface area contributed by atoms with Gasteiger partial charge in [-0.25, -0.2) is 22.0 Å². The lowest BCUT2D eigenvalue weighted by molar-refractivity contribution is 0.384. The van der Waals surface area contributed by atoms with Crippen LogP contribution in [0.1, 0.15) is 65.2 Å². The molecule has 0 bridgehead atoms. The fourth-order valence-corrected chi connectivity index (χ4v) is 5.30. The zero-order valence-corrected chi connectivity index (χ0v) is 15.3. The lowest BCUT2D eigenvalue weighted by Gasteiger charge is -2.19. The zero-order chi connectivity index (χ0) is 18.1. The summed E-state index contributed by atoms with van der Waals surface area (Å²) in [6.45, 7) is 3.99. The van der Waals surface area contributed by atoms with Gasteiger partial charge >= 0.3 is 0 Å². The summed E-state index contributed by atoms with van der Waals surface area (Å²) < 4.78 is 68.0. The SMILES string of the molecule is CCCCCCCCCP(CCC)c1c(F)c(F)c(F)c(F)c1F. The molecule has 1 unspecified atom stereocenters. The highest BCUT2D eigenvalue weighted by Crippen LogP contribution is 2.40. The van der Waals surface area contributed by atoms with Crippen molar-refractivity contribution in [2.24, 2.45) is 0 Å². The summed E-state index contributed by atoms with van der Waals surface area (Å²) in [7, 11) is -1.37. The van der Waals surface area contributed by atoms with Crippen LogP contribution < -0.4 is 5.30 Å². The summed E-state index contributed by atoms with van der Waals surface area (Å²) in [5.74, 6) is -9.02. The first kappa shape index (κ1) is 21.3. The summed E-state index contributed by atoms with van der Waals surface area (Å²) in [6.07, 6.45) is 9.06. The molecule has 24 heavy (non-hydrogen) atoms. The van der Waals surface area contributed by atoms with Gasteiger partial charge in [0.25, 0.3) is 0 Å². The molecule has 0 aliphatic rings. The van der Waals surface area contributed by atoms with Crippen LogP contribution in [0.5, 0.6) is 0 Å². The Morgan fingerprint density at radius 2 is 1.00 bits per heavy atom. The third-order valence-corrected chi connectivity index (χ3v) is 6.90. The summed E-state index contributed by atoms with van der Waals surface area (Å²) in [5.41, 5.74) is 0. The van der Waals surface area contributed by atoms with E-state index in [9.17, 15) is 22.0 Å². The van der Waals surface area contributed by atoms with Crippen molar-refractivity contribution in [1.82, 2.24) is 0 Å². The molecule has 0 radical (unpaired) electrons. The molecule has 0 saturated heterocycles. The van der Waals surface area contributed by atoms with Crippen LogP contribution in [-0.4, -0.2) is 12.3 Å². The maximum atomic E-state index is 14.0. The molecule has 0 aromatic heterocycles. The van der Waals surface area contributed by atoms with Crippen LogP contribution >= 0.6 is 7.92 Å². The predicted molar refractivity (Wildman–Crippen MR) is 90.8 cm³/mol. The lowest BCUT2D eigenvalue weighted by atomic mass is 10.1. The van der Waals surface area contributed by atoms with E-state index in [1.54, 1.807) is 0 Å². The van der Waals surface area contributed by atoms with E-state index in [1.807, 2.05) is 6.92 Å². The molecule has 1 aromatic carbocycles. The second-order valence-corrected chi connectivity index (χ2v) is 8.45. The van der Waals surface area contributed by atoms with Crippen molar-refractivity contribution in [1.29, 1.82) is 0 Å². The Bertz CT molecular complexity index is 490. The molecule has 0 fully saturated rings. The predicted octanol–water partition coefficient (Wildman–Crippen LogP) is 6.65. The van der Waals surface area contributed by atoms with Crippen LogP contribution in [0.4, 0.5) is 22.0 Å². The smallest absolute Gasteiger partial charge is 0.200 e. The van der Waals surface area contributed by atoms with Crippen molar-refractivity contribution in [2.45, 2.75) is 65.2 Å². The molecule has 0 aliphatic heterocycles. The Balaban J connectivity index is 2.75. The average Bonchev–Trinajstić information content (AvgIpc) is 2.57. The first-order valence-corrected chi connectivity index (χ1v) is 10.4. The Hall–Kier alpha value is -0.700. The highest BCUT2D eigenvalue weighted by Gasteiger charge is 2.29. The van der Waals surface area contributed by atoms with Gasteiger partial charge in [-0.05, 0) is 18.7 Å². The summed E-state index contributed by atoms with van der Waals surface area (Å²) >= 11 is 0. The van der Waals surface area contributed by atoms with Crippen molar-refractivity contribution >= 4 is 13.2 Å². The van der Waals surface area contributed by atoms with Crippen LogP contribution in [0.3, 0.4) is 0 Å². The van der Waals surface area contributed by atoms with Crippen LogP contribution in [0.25, 0.3) is 0 Å². The van der Waals surface area contributed by atoms with Crippen molar-refractivity contribution in [3.8, 4) is 0 Å². The van der Waals surface area contributed by atoms with Crippen molar-refractivity contribution in [3.05, 3.63) is 29.1 Å². The highest BCUT2D eigenvalue weighted by atomic mass is 31.1. The zero-order valence-electron chi connectivity index (χ0n) is 14.4. The van der Waals surface area contributed by atoms with Gasteiger partial charge < -0.3 is 0 Å². The second-order valence-electron chi connectivity index (χ2n) is 6.03. The van der Waals surface area contributed by atoms with Gasteiger partial charge in [0, 0.05) is 0 Å². The number of hydrogen-bond donors (Lipinski definition) is 0. The van der Waals surface area contributed by atoms with E-state index in [1.165, 1.54) is 19.3 Å². The molecule has 1 rings (SSSR count). The molecular formula is C18H26F5P. The van der Waals surface area contributed by atoms with Gasteiger partial charge in [-0.15, -0.1) is 0 Å². The van der Waals surface area contributed by atoms with Gasteiger partial charge in [-0.1, -0.05) is 66.7 Å². The van der Waals surface area contributed by atoms with E-state index in [4.69, 9.17) is 0 Å². The summed E-state index contributed by atoms with van der Waals surface area (Å²) in [4.78, 5) is 0. The van der Waals surface area contributed by atoms with Gasteiger partial charge in [0.2, 0.25) is 5.82 Å². The van der Waals surface area contributed by atoms with Gasteiger partial charge in [0.1, 0.15) is 0 Å². The molecule has 0 nitrogen and oxygen atoms in total. The van der Waals surface area contributed by atoms with Gasteiger partial charge in [-0.2, -0.15) is 0 Å². The fraction of sp³-hybridized carbons (Fsp3) is 0.667. The number of halogens is 5. The van der Waals surface area contributed by atoms with Gasteiger partial charge in [-0.3, -0.25) is 0 Å². The van der Waals surface area contributed by atoms with E-state index in [2.05, 4.69) is 6.92 Å². The van der Waals surface area contributed by atoms with Gasteiger partial charge in [0.05, 0.1) is 5.30 Å². The number of hydrogen-bond acceptors (Lipinski definition) is 0. The second kappa shape index (κ2) is 11.0. The highest BCUT2D eigenvalue weighted by molar-refractivity contribution is 7.65. The Kier molecular flexibility index (Phi) is 9.80. The van der Waals surface area contributed by atoms with Gasteiger partial charge in [0.15, 0.2) is 23.3 Å². The molecule has 1 aromatic rings. The van der Waals surface area contributed by atoms with E-state index < -0.39 is 42.3 Å². The number of unbranched alkanes of at least 4 members (excludes halogenated alkanes) is 6. The average molecular weight is 368 g/mol. The van der Waals surface area contributed by atoms with Crippen LogP contribution in [0.2, 0.25) is 0 Å². The largest absolute Gasteiger partial charge is 0.203 e. The standard InChI is InChI=1S/C18H26F5P/c1-3-5-6-7-8-9-10-12-24(11-4-2)18-16(22)14(20)13(19)15(21)17(18)23/h3-12H2,1-2H3. The first-order chi connectivity index (χ1) is 11.5. The Morgan fingerprint density at radius 1 is 0.542 bits per heavy atom. The minimum atomic E-state index is -2.07. The first-order valence-electron chi connectivity index (χ1n) is 8.72. The number of rotatable bonds is 11. The molecule has 0 aliphatic carbocycles. The molecule has 138 valence electrons. The molecule has 6 heteroatoms. The Labute approximate surface area is 142 Å². The third kappa shape index (κ3) is 5.68. The maximum absolute atomic E-state index is 14.0. The molecular weight excluding hydrogens is 342 g/mol. The minimum Gasteiger partial charge on any atom is -0.203 e. The maximum Gasteiger partial charge on any atom is 0.200 e. The normalized spacial score (nSPS) is 12.6. The third-order valence-electron chi connectivity index (χ3n) is 4.03. The number of benzene rings is 1. The van der Waals surface area contributed by atoms with Crippen LogP contribution in [0.15, 0.2) is 0 Å². The molecule has 0 spiro atoms. The summed E-state index contributed by atoms with van der Waals surface area (Å²) in [5, 5.41) is -0.575. The van der Waals surface area contributed by atoms with E-state index >= 15 is 0 Å². The van der Waals surface area contributed by atoms with E-state index in [0.717, 1.165) is 25.7 Å². The summed E-state index contributed by atoms with van der Waals surface area (Å²) in [6, 6.07) is 0. The van der Waals surface area contributed by atoms with Crippen LogP contribution in [0, 0.1) is 29.1 Å². The molecule has 1 atom stereocenters. The minimum absolute atomic E-state index is 0.476. The quantitative estimate of drug-likeness (QED) is 0.135. The monoisotopic (exact) mass is 368 g/mol. The van der Waals surface area contributed by atoms with E-state index in [0.29, 0.717) is 18.7 Å². The van der Waals surface area contributed by atoms with E-state index in [-0.39, 0.29) is 0 Å². The fourth-order valence-electron chi connectivity index (χ4n) is 2.74. The molecule has 0 saturated carbocycles. The molecule has 0 N–H and O–H groups in total. The Morgan fingerprint density at radius 3 is 1.50 bits per heavy atom. The molecule has 0 amide bonds. The lowest BCUT2D eigenvalue weighted by Crippen LogP contribution is -2.21.